The van der Waals surface area contributed by atoms with Crippen LogP contribution >= 0.6 is 12.4 Å². The van der Waals surface area contributed by atoms with E-state index in [-0.39, 0.29) is 18.4 Å². The van der Waals surface area contributed by atoms with Crippen LogP contribution in [0.3, 0.4) is 0 Å². The van der Waals surface area contributed by atoms with Crippen LogP contribution in [0.25, 0.3) is 0 Å². The lowest BCUT2D eigenvalue weighted by Crippen LogP contribution is -2.09. The van der Waals surface area contributed by atoms with E-state index in [9.17, 15) is 0 Å². The predicted molar refractivity (Wildman–Crippen MR) is 93.8 cm³/mol. The zero-order valence-corrected chi connectivity index (χ0v) is 13.0. The van der Waals surface area contributed by atoms with Crippen molar-refractivity contribution in [3.63, 3.8) is 0 Å². The van der Waals surface area contributed by atoms with Crippen LogP contribution in [0.4, 0.5) is 5.69 Å². The van der Waals surface area contributed by atoms with Gasteiger partial charge in [0.2, 0.25) is 0 Å². The van der Waals surface area contributed by atoms with E-state index in [1.54, 1.807) is 0 Å². The fourth-order valence-corrected chi connectivity index (χ4v) is 2.11. The monoisotopic (exact) mass is 302 g/mol. The Bertz CT molecular complexity index is 523. The summed E-state index contributed by atoms with van der Waals surface area (Å²) in [5.74, 6) is 0. The normalized spacial score (nSPS) is 11.3. The fraction of sp³-hybridized carbons (Fsp3) is 0.222. The van der Waals surface area contributed by atoms with Gasteiger partial charge in [0, 0.05) is 18.3 Å². The van der Waals surface area contributed by atoms with Crippen LogP contribution in [0.5, 0.6) is 0 Å². The lowest BCUT2D eigenvalue weighted by molar-refractivity contribution is 0.661. The van der Waals surface area contributed by atoms with Gasteiger partial charge >= 0.3 is 0 Å². The maximum Gasteiger partial charge on any atom is 0.0400 e. The molecular weight excluding hydrogens is 280 g/mol. The second-order valence-corrected chi connectivity index (χ2v) is 4.93. The number of hydrogen-bond acceptors (Lipinski definition) is 2. The number of benzene rings is 2. The van der Waals surface area contributed by atoms with Crippen LogP contribution in [-0.4, -0.2) is 0 Å². The van der Waals surface area contributed by atoms with Crippen molar-refractivity contribution in [2.45, 2.75) is 25.4 Å². The second kappa shape index (κ2) is 9.22. The predicted octanol–water partition coefficient (Wildman–Crippen LogP) is 4.69. The molecule has 0 aliphatic heterocycles. The highest BCUT2D eigenvalue weighted by atomic mass is 35.5. The zero-order chi connectivity index (χ0) is 14.2. The van der Waals surface area contributed by atoms with Gasteiger partial charge in [0.1, 0.15) is 0 Å². The van der Waals surface area contributed by atoms with Crippen LogP contribution in [0.2, 0.25) is 0 Å². The molecule has 0 unspecified atom stereocenters. The van der Waals surface area contributed by atoms with Crippen molar-refractivity contribution in [1.29, 1.82) is 0 Å². The molecule has 0 amide bonds. The largest absolute Gasteiger partial charge is 0.381 e. The lowest BCUT2D eigenvalue weighted by atomic mass is 10.0. The summed E-state index contributed by atoms with van der Waals surface area (Å²) in [5, 5.41) is 3.41. The molecule has 0 saturated carbocycles. The van der Waals surface area contributed by atoms with E-state index >= 15 is 0 Å². The van der Waals surface area contributed by atoms with Crippen molar-refractivity contribution in [3.8, 4) is 0 Å². The van der Waals surface area contributed by atoms with E-state index in [1.807, 2.05) is 12.1 Å². The average molecular weight is 303 g/mol. The molecule has 0 radical (unpaired) electrons. The highest BCUT2D eigenvalue weighted by Gasteiger charge is 2.04. The number of allylic oxidation sites excluding steroid dienone is 1. The number of nitrogens with two attached hydrogens (primary N) is 1. The number of halogens is 1. The first-order valence-corrected chi connectivity index (χ1v) is 7.04. The minimum atomic E-state index is 0. The molecule has 0 aromatic heterocycles. The number of hydrogen-bond donors (Lipinski definition) is 2. The summed E-state index contributed by atoms with van der Waals surface area (Å²) in [6.45, 7) is 4.56. The summed E-state index contributed by atoms with van der Waals surface area (Å²) >= 11 is 0. The van der Waals surface area contributed by atoms with Crippen molar-refractivity contribution >= 4 is 18.1 Å². The van der Waals surface area contributed by atoms with Crippen LogP contribution in [0, 0.1) is 0 Å². The molecule has 0 aliphatic rings. The van der Waals surface area contributed by atoms with Gasteiger partial charge in [-0.3, -0.25) is 0 Å². The van der Waals surface area contributed by atoms with Gasteiger partial charge in [-0.25, -0.2) is 0 Å². The van der Waals surface area contributed by atoms with Gasteiger partial charge in [0.25, 0.3) is 0 Å². The molecule has 3 N–H and O–H groups in total. The first-order valence-electron chi connectivity index (χ1n) is 7.04. The highest BCUT2D eigenvalue weighted by Crippen LogP contribution is 2.19. The van der Waals surface area contributed by atoms with Crippen molar-refractivity contribution in [2.75, 3.05) is 5.32 Å². The number of anilines is 1. The van der Waals surface area contributed by atoms with Crippen molar-refractivity contribution in [1.82, 2.24) is 0 Å². The fourth-order valence-electron chi connectivity index (χ4n) is 2.11. The maximum absolute atomic E-state index is 6.13. The third-order valence-electron chi connectivity index (χ3n) is 3.36. The Morgan fingerprint density at radius 2 is 1.71 bits per heavy atom. The van der Waals surface area contributed by atoms with Crippen LogP contribution in [-0.2, 0) is 6.54 Å². The molecule has 3 heteroatoms. The van der Waals surface area contributed by atoms with Gasteiger partial charge < -0.3 is 11.1 Å². The summed E-state index contributed by atoms with van der Waals surface area (Å²) in [6, 6.07) is 18.8. The standard InChI is InChI=1S/C18H22N2.ClH/c1-2-3-9-18(19)16-10-12-17(13-11-16)20-14-15-7-5-4-6-8-15;/h2,4-8,10-13,18,20H,1,3,9,14,19H2;1H/t18-;/m0./s1. The molecule has 0 bridgehead atoms. The van der Waals surface area contributed by atoms with Gasteiger partial charge in [-0.05, 0) is 36.1 Å². The van der Waals surface area contributed by atoms with Gasteiger partial charge in [-0.1, -0.05) is 48.5 Å². The minimum Gasteiger partial charge on any atom is -0.381 e. The average Bonchev–Trinajstić information content (AvgIpc) is 2.52. The van der Waals surface area contributed by atoms with Gasteiger partial charge in [-0.2, -0.15) is 0 Å². The Morgan fingerprint density at radius 1 is 1.05 bits per heavy atom. The van der Waals surface area contributed by atoms with Crippen molar-refractivity contribution in [3.05, 3.63) is 78.4 Å². The molecule has 0 saturated heterocycles. The van der Waals surface area contributed by atoms with E-state index in [2.05, 4.69) is 60.4 Å². The van der Waals surface area contributed by atoms with E-state index < -0.39 is 0 Å². The van der Waals surface area contributed by atoms with E-state index in [1.165, 1.54) is 11.1 Å². The third kappa shape index (κ3) is 5.62. The summed E-state index contributed by atoms with van der Waals surface area (Å²) < 4.78 is 0. The molecule has 0 aliphatic carbocycles. The van der Waals surface area contributed by atoms with Crippen LogP contribution < -0.4 is 11.1 Å². The van der Waals surface area contributed by atoms with Gasteiger partial charge in [0.15, 0.2) is 0 Å². The Hall–Kier alpha value is -1.77. The van der Waals surface area contributed by atoms with Crippen LogP contribution in [0.15, 0.2) is 67.3 Å². The van der Waals surface area contributed by atoms with E-state index in [4.69, 9.17) is 5.73 Å². The number of nitrogens with one attached hydrogen (secondary N) is 1. The summed E-state index contributed by atoms with van der Waals surface area (Å²) in [5.41, 5.74) is 9.70. The van der Waals surface area contributed by atoms with Gasteiger partial charge in [-0.15, -0.1) is 19.0 Å². The molecule has 2 nitrogen and oxygen atoms in total. The first kappa shape index (κ1) is 17.3. The Labute approximate surface area is 133 Å². The summed E-state index contributed by atoms with van der Waals surface area (Å²) in [6.07, 6.45) is 3.81. The molecule has 2 aromatic rings. The first-order chi connectivity index (χ1) is 9.79. The molecule has 2 rings (SSSR count). The Morgan fingerprint density at radius 3 is 2.33 bits per heavy atom. The quantitative estimate of drug-likeness (QED) is 0.728. The topological polar surface area (TPSA) is 38.0 Å². The molecular formula is C18H23ClN2. The Kier molecular flexibility index (Phi) is 7.59. The smallest absolute Gasteiger partial charge is 0.0400 e. The molecule has 112 valence electrons. The zero-order valence-electron chi connectivity index (χ0n) is 12.2. The Balaban J connectivity index is 0.00000220. The van der Waals surface area contributed by atoms with Crippen molar-refractivity contribution in [2.24, 2.45) is 5.73 Å². The molecule has 21 heavy (non-hydrogen) atoms. The third-order valence-corrected chi connectivity index (χ3v) is 3.36. The SMILES string of the molecule is C=CCC[C@H](N)c1ccc(NCc2ccccc2)cc1.Cl. The van der Waals surface area contributed by atoms with Gasteiger partial charge in [0.05, 0.1) is 0 Å². The van der Waals surface area contributed by atoms with E-state index in [0.29, 0.717) is 0 Å². The van der Waals surface area contributed by atoms with Crippen molar-refractivity contribution < 1.29 is 0 Å². The molecule has 2 aromatic carbocycles. The maximum atomic E-state index is 6.13. The van der Waals surface area contributed by atoms with E-state index in [0.717, 1.165) is 25.1 Å². The molecule has 0 fully saturated rings. The summed E-state index contributed by atoms with van der Waals surface area (Å²) in [7, 11) is 0. The molecule has 0 heterocycles. The molecule has 1 atom stereocenters. The van der Waals surface area contributed by atoms with Crippen LogP contribution in [0.1, 0.15) is 30.0 Å². The molecule has 0 spiro atoms. The minimum absolute atomic E-state index is 0. The second-order valence-electron chi connectivity index (χ2n) is 4.93. The highest BCUT2D eigenvalue weighted by molar-refractivity contribution is 5.85. The lowest BCUT2D eigenvalue weighted by Gasteiger charge is -2.12. The summed E-state index contributed by atoms with van der Waals surface area (Å²) in [4.78, 5) is 0. The number of rotatable bonds is 7.